The average Bonchev–Trinajstić information content (AvgIpc) is 2.72. The molecule has 1 aromatic heterocycles. The van der Waals surface area contributed by atoms with Gasteiger partial charge >= 0.3 is 0 Å². The minimum absolute atomic E-state index is 0.0196. The topological polar surface area (TPSA) is 90.0 Å². The molecule has 114 valence electrons. The Kier molecular flexibility index (Phi) is 4.27. The number of anilines is 1. The molecule has 21 heavy (non-hydrogen) atoms. The molecule has 1 aromatic carbocycles. The first-order valence-electron chi connectivity index (χ1n) is 6.25. The van der Waals surface area contributed by atoms with Gasteiger partial charge in [-0.1, -0.05) is 11.6 Å². The normalized spacial score (nSPS) is 11.8. The molecule has 0 radical (unpaired) electrons. The van der Waals surface area contributed by atoms with Gasteiger partial charge in [0.2, 0.25) is 10.0 Å². The molecule has 8 heteroatoms. The summed E-state index contributed by atoms with van der Waals surface area (Å²) in [6, 6.07) is 2.91. The van der Waals surface area contributed by atoms with Crippen LogP contribution < -0.4 is 10.5 Å². The first-order valence-corrected chi connectivity index (χ1v) is 8.11. The predicted octanol–water partition coefficient (Wildman–Crippen LogP) is 1.75. The van der Waals surface area contributed by atoms with Crippen LogP contribution in [0.3, 0.4) is 0 Å². The van der Waals surface area contributed by atoms with Gasteiger partial charge in [-0.05, 0) is 31.5 Å². The van der Waals surface area contributed by atoms with Gasteiger partial charge in [0.1, 0.15) is 4.90 Å². The smallest absolute Gasteiger partial charge is 0.242 e. The van der Waals surface area contributed by atoms with Gasteiger partial charge in [-0.3, -0.25) is 4.68 Å². The highest BCUT2D eigenvalue weighted by Crippen LogP contribution is 2.26. The molecule has 0 amide bonds. The summed E-state index contributed by atoms with van der Waals surface area (Å²) in [5, 5.41) is 4.22. The summed E-state index contributed by atoms with van der Waals surface area (Å²) in [7, 11) is -1.94. The molecule has 0 aliphatic heterocycles. The first kappa shape index (κ1) is 15.8. The number of nitrogens with two attached hydrogens (primary N) is 1. The number of nitrogens with one attached hydrogen (secondary N) is 1. The zero-order chi connectivity index (χ0) is 15.8. The molecule has 3 N–H and O–H groups in total. The molecule has 2 rings (SSSR count). The van der Waals surface area contributed by atoms with Crippen LogP contribution in [-0.4, -0.2) is 18.2 Å². The Labute approximate surface area is 129 Å². The van der Waals surface area contributed by atoms with Gasteiger partial charge in [0, 0.05) is 30.5 Å². The van der Waals surface area contributed by atoms with E-state index >= 15 is 0 Å². The summed E-state index contributed by atoms with van der Waals surface area (Å²) in [4.78, 5) is -0.0196. The lowest BCUT2D eigenvalue weighted by Crippen LogP contribution is -2.24. The molecule has 0 fully saturated rings. The lowest BCUT2D eigenvalue weighted by Gasteiger charge is -2.10. The van der Waals surface area contributed by atoms with Crippen LogP contribution in [0.1, 0.15) is 16.8 Å². The zero-order valence-electron chi connectivity index (χ0n) is 12.0. The van der Waals surface area contributed by atoms with Crippen LogP contribution in [0, 0.1) is 13.8 Å². The second-order valence-electron chi connectivity index (χ2n) is 4.84. The van der Waals surface area contributed by atoms with E-state index in [0.29, 0.717) is 5.69 Å². The zero-order valence-corrected chi connectivity index (χ0v) is 13.6. The fraction of sp³-hybridized carbons (Fsp3) is 0.308. The van der Waals surface area contributed by atoms with E-state index < -0.39 is 10.0 Å². The number of benzene rings is 1. The number of hydrogen-bond acceptors (Lipinski definition) is 4. The fourth-order valence-electron chi connectivity index (χ4n) is 1.84. The third kappa shape index (κ3) is 3.20. The Morgan fingerprint density at radius 3 is 2.62 bits per heavy atom. The van der Waals surface area contributed by atoms with Crippen LogP contribution in [0.25, 0.3) is 0 Å². The Balaban J connectivity index is 2.27. The molecule has 0 saturated carbocycles. The number of hydrogen-bond donors (Lipinski definition) is 2. The van der Waals surface area contributed by atoms with Crippen molar-refractivity contribution in [3.05, 3.63) is 40.2 Å². The summed E-state index contributed by atoms with van der Waals surface area (Å²) >= 11 is 6.01. The molecule has 2 aromatic rings. The quantitative estimate of drug-likeness (QED) is 0.837. The van der Waals surface area contributed by atoms with Gasteiger partial charge < -0.3 is 5.73 Å². The minimum Gasteiger partial charge on any atom is -0.398 e. The van der Waals surface area contributed by atoms with Crippen molar-refractivity contribution in [2.45, 2.75) is 25.3 Å². The third-order valence-electron chi connectivity index (χ3n) is 3.40. The fourth-order valence-corrected chi connectivity index (χ4v) is 3.46. The number of aryl methyl sites for hydroxylation is 2. The average molecular weight is 329 g/mol. The van der Waals surface area contributed by atoms with Crippen molar-refractivity contribution < 1.29 is 8.42 Å². The molecule has 0 bridgehead atoms. The van der Waals surface area contributed by atoms with Crippen molar-refractivity contribution in [1.29, 1.82) is 0 Å². The lowest BCUT2D eigenvalue weighted by molar-refractivity contribution is 0.581. The number of aromatic nitrogens is 2. The van der Waals surface area contributed by atoms with E-state index in [-0.39, 0.29) is 16.5 Å². The van der Waals surface area contributed by atoms with Crippen LogP contribution in [-0.2, 0) is 23.6 Å². The summed E-state index contributed by atoms with van der Waals surface area (Å²) in [6.07, 6.45) is 1.63. The molecule has 0 saturated heterocycles. The monoisotopic (exact) mass is 328 g/mol. The van der Waals surface area contributed by atoms with E-state index in [2.05, 4.69) is 9.82 Å². The SMILES string of the molecule is Cc1cc(Cl)c(S(=O)(=O)NCc2cnn(C)c2C)cc1N. The van der Waals surface area contributed by atoms with Crippen molar-refractivity contribution >= 4 is 27.3 Å². The van der Waals surface area contributed by atoms with Gasteiger partial charge in [0.05, 0.1) is 11.2 Å². The van der Waals surface area contributed by atoms with Crippen LogP contribution in [0.15, 0.2) is 23.2 Å². The van der Waals surface area contributed by atoms with E-state index in [1.165, 1.54) is 6.07 Å². The van der Waals surface area contributed by atoms with Crippen molar-refractivity contribution in [1.82, 2.24) is 14.5 Å². The molecule has 0 unspecified atom stereocenters. The molecule has 1 heterocycles. The van der Waals surface area contributed by atoms with E-state index in [4.69, 9.17) is 17.3 Å². The van der Waals surface area contributed by atoms with Crippen LogP contribution in [0.4, 0.5) is 5.69 Å². The van der Waals surface area contributed by atoms with E-state index in [0.717, 1.165) is 16.8 Å². The molecular weight excluding hydrogens is 312 g/mol. The third-order valence-corrected chi connectivity index (χ3v) is 5.27. The van der Waals surface area contributed by atoms with Gasteiger partial charge in [-0.2, -0.15) is 5.10 Å². The molecule has 0 aliphatic carbocycles. The summed E-state index contributed by atoms with van der Waals surface area (Å²) in [6.45, 7) is 3.78. The second kappa shape index (κ2) is 5.67. The van der Waals surface area contributed by atoms with Crippen molar-refractivity contribution in [3.63, 3.8) is 0 Å². The maximum absolute atomic E-state index is 12.3. The summed E-state index contributed by atoms with van der Waals surface area (Å²) in [5.41, 5.74) is 8.58. The standard InChI is InChI=1S/C13H17ClN4O2S/c1-8-4-11(14)13(5-12(8)15)21(19,20)17-7-10-6-16-18(3)9(10)2/h4-6,17H,7,15H2,1-3H3. The molecule has 0 atom stereocenters. The minimum atomic E-state index is -3.73. The first-order chi connectivity index (χ1) is 9.72. The van der Waals surface area contributed by atoms with E-state index in [1.54, 1.807) is 30.9 Å². The second-order valence-corrected chi connectivity index (χ2v) is 6.99. The van der Waals surface area contributed by atoms with Crippen LogP contribution in [0.5, 0.6) is 0 Å². The van der Waals surface area contributed by atoms with Gasteiger partial charge in [0.25, 0.3) is 0 Å². The number of nitrogens with zero attached hydrogens (tertiary/aromatic N) is 2. The van der Waals surface area contributed by atoms with Gasteiger partial charge in [0.15, 0.2) is 0 Å². The largest absolute Gasteiger partial charge is 0.398 e. The van der Waals surface area contributed by atoms with Crippen molar-refractivity contribution in [2.24, 2.45) is 7.05 Å². The maximum Gasteiger partial charge on any atom is 0.242 e. The highest BCUT2D eigenvalue weighted by molar-refractivity contribution is 7.89. The molecule has 6 nitrogen and oxygen atoms in total. The maximum atomic E-state index is 12.3. The Bertz CT molecular complexity index is 784. The summed E-state index contributed by atoms with van der Waals surface area (Å²) < 4.78 is 28.9. The molecular formula is C13H17ClN4O2S. The Morgan fingerprint density at radius 2 is 2.05 bits per heavy atom. The Morgan fingerprint density at radius 1 is 1.38 bits per heavy atom. The molecule has 0 spiro atoms. The van der Waals surface area contributed by atoms with E-state index in [9.17, 15) is 8.42 Å². The predicted molar refractivity (Wildman–Crippen MR) is 82.6 cm³/mol. The number of halogens is 1. The van der Waals surface area contributed by atoms with Gasteiger partial charge in [-0.25, -0.2) is 13.1 Å². The summed E-state index contributed by atoms with van der Waals surface area (Å²) in [5.74, 6) is 0. The van der Waals surface area contributed by atoms with Crippen molar-refractivity contribution in [2.75, 3.05) is 5.73 Å². The lowest BCUT2D eigenvalue weighted by atomic mass is 10.2. The van der Waals surface area contributed by atoms with Crippen LogP contribution >= 0.6 is 11.6 Å². The highest BCUT2D eigenvalue weighted by Gasteiger charge is 2.19. The van der Waals surface area contributed by atoms with Crippen LogP contribution in [0.2, 0.25) is 5.02 Å². The van der Waals surface area contributed by atoms with Crippen molar-refractivity contribution in [3.8, 4) is 0 Å². The molecule has 0 aliphatic rings. The van der Waals surface area contributed by atoms with E-state index in [1.807, 2.05) is 6.92 Å². The van der Waals surface area contributed by atoms with Gasteiger partial charge in [-0.15, -0.1) is 0 Å². The number of rotatable bonds is 4. The number of sulfonamides is 1. The highest BCUT2D eigenvalue weighted by atomic mass is 35.5. The Hall–Kier alpha value is -1.57. The number of nitrogen functional groups attached to an aromatic ring is 1.